The summed E-state index contributed by atoms with van der Waals surface area (Å²) in [6, 6.07) is 1.02. The maximum absolute atomic E-state index is 13.6. The first kappa shape index (κ1) is 25.8. The standard InChI is InChI=1S/C26H36F2N8OS/c1-2-21-32-22-23(30-17-3-5-19(6-4-17)35-11-9-26(27,28)10-12-35)33-25(34-24(22)38-21)31-18-15-29-36(16-18)20-7-13-37-14-8-20/h15-17,19-20H,2-14H2,1H3,(H2,30,31,33,34)/t17-,19-. The maximum Gasteiger partial charge on any atom is 0.250 e. The van der Waals surface area contributed by atoms with Gasteiger partial charge in [0.15, 0.2) is 10.6 Å². The zero-order valence-electron chi connectivity index (χ0n) is 21.8. The largest absolute Gasteiger partial charge is 0.381 e. The van der Waals surface area contributed by atoms with Gasteiger partial charge in [-0.3, -0.25) is 9.58 Å². The van der Waals surface area contributed by atoms with Crippen LogP contribution in [-0.4, -0.2) is 73.9 Å². The van der Waals surface area contributed by atoms with Crippen molar-refractivity contribution in [3.8, 4) is 0 Å². The summed E-state index contributed by atoms with van der Waals surface area (Å²) in [7, 11) is 0. The van der Waals surface area contributed by atoms with Crippen LogP contribution >= 0.6 is 11.3 Å². The van der Waals surface area contributed by atoms with Gasteiger partial charge in [-0.2, -0.15) is 15.1 Å². The van der Waals surface area contributed by atoms with Crippen LogP contribution in [0.4, 0.5) is 26.2 Å². The Morgan fingerprint density at radius 1 is 1.03 bits per heavy atom. The Bertz CT molecular complexity index is 1230. The van der Waals surface area contributed by atoms with Crippen LogP contribution in [0, 0.1) is 0 Å². The molecule has 2 saturated heterocycles. The molecular formula is C26H36F2N8OS. The van der Waals surface area contributed by atoms with Crippen molar-refractivity contribution in [3.05, 3.63) is 17.4 Å². The topological polar surface area (TPSA) is 93.0 Å². The number of alkyl halides is 2. The summed E-state index contributed by atoms with van der Waals surface area (Å²) >= 11 is 1.60. The summed E-state index contributed by atoms with van der Waals surface area (Å²) in [5.41, 5.74) is 1.67. The molecule has 1 saturated carbocycles. The molecule has 6 rings (SSSR count). The lowest BCUT2D eigenvalue weighted by atomic mass is 9.89. The van der Waals surface area contributed by atoms with E-state index in [1.807, 2.05) is 17.1 Å². The molecule has 0 aromatic carbocycles. The van der Waals surface area contributed by atoms with E-state index in [1.165, 1.54) is 0 Å². The second-order valence-electron chi connectivity index (χ2n) is 10.7. The van der Waals surface area contributed by atoms with Crippen LogP contribution in [0.3, 0.4) is 0 Å². The number of halogens is 2. The summed E-state index contributed by atoms with van der Waals surface area (Å²) < 4.78 is 34.7. The van der Waals surface area contributed by atoms with E-state index in [1.54, 1.807) is 11.3 Å². The number of nitrogens with zero attached hydrogens (tertiary/aromatic N) is 6. The van der Waals surface area contributed by atoms with E-state index in [0.29, 0.717) is 31.1 Å². The quantitative estimate of drug-likeness (QED) is 0.407. The number of hydrogen-bond acceptors (Lipinski definition) is 9. The van der Waals surface area contributed by atoms with Crippen molar-refractivity contribution < 1.29 is 13.5 Å². The fourth-order valence-corrected chi connectivity index (χ4v) is 6.72. The third-order valence-electron chi connectivity index (χ3n) is 8.11. The summed E-state index contributed by atoms with van der Waals surface area (Å²) in [6.07, 6.45) is 10.5. The average molecular weight is 547 g/mol. The molecule has 3 aliphatic rings. The Morgan fingerprint density at radius 2 is 1.79 bits per heavy atom. The lowest BCUT2D eigenvalue weighted by molar-refractivity contribution is -0.0657. The molecule has 1 aliphatic carbocycles. The molecule has 12 heteroatoms. The third-order valence-corrected chi connectivity index (χ3v) is 9.21. The van der Waals surface area contributed by atoms with Crippen molar-refractivity contribution in [1.82, 2.24) is 29.6 Å². The van der Waals surface area contributed by atoms with Gasteiger partial charge in [0.1, 0.15) is 5.52 Å². The first-order valence-electron chi connectivity index (χ1n) is 13.9. The highest BCUT2D eigenvalue weighted by Crippen LogP contribution is 2.34. The highest BCUT2D eigenvalue weighted by Gasteiger charge is 2.37. The molecule has 0 unspecified atom stereocenters. The smallest absolute Gasteiger partial charge is 0.250 e. The molecule has 2 N–H and O–H groups in total. The Morgan fingerprint density at radius 3 is 2.53 bits per heavy atom. The van der Waals surface area contributed by atoms with Gasteiger partial charge in [-0.25, -0.2) is 13.8 Å². The Hall–Kier alpha value is -2.44. The van der Waals surface area contributed by atoms with Crippen LogP contribution in [0.15, 0.2) is 12.4 Å². The number of aryl methyl sites for hydroxylation is 1. The molecule has 0 radical (unpaired) electrons. The molecule has 0 atom stereocenters. The molecule has 3 fully saturated rings. The number of aromatic nitrogens is 5. The number of nitrogens with one attached hydrogen (secondary N) is 2. The third kappa shape index (κ3) is 5.76. The molecule has 3 aromatic rings. The van der Waals surface area contributed by atoms with Crippen molar-refractivity contribution in [2.24, 2.45) is 0 Å². The molecule has 0 spiro atoms. The van der Waals surface area contributed by atoms with E-state index in [4.69, 9.17) is 19.7 Å². The Balaban J connectivity index is 1.14. The number of hydrogen-bond donors (Lipinski definition) is 2. The van der Waals surface area contributed by atoms with Crippen LogP contribution in [0.2, 0.25) is 0 Å². The SMILES string of the molecule is CCc1nc2c(N[C@H]3CC[C@H](N4CCC(F)(F)CC4)CC3)nc(Nc3cnn(C4CCOCC4)c3)nc2s1. The number of fused-ring (bicyclic) bond motifs is 1. The van der Waals surface area contributed by atoms with E-state index >= 15 is 0 Å². The van der Waals surface area contributed by atoms with Gasteiger partial charge in [0.25, 0.3) is 5.92 Å². The lowest BCUT2D eigenvalue weighted by Crippen LogP contribution is -2.47. The minimum absolute atomic E-state index is 0.0164. The first-order chi connectivity index (χ1) is 18.5. The predicted octanol–water partition coefficient (Wildman–Crippen LogP) is 5.39. The van der Waals surface area contributed by atoms with E-state index in [9.17, 15) is 8.78 Å². The van der Waals surface area contributed by atoms with Gasteiger partial charge in [-0.1, -0.05) is 18.3 Å². The molecule has 38 heavy (non-hydrogen) atoms. The van der Waals surface area contributed by atoms with Gasteiger partial charge in [0.2, 0.25) is 5.95 Å². The van der Waals surface area contributed by atoms with Crippen LogP contribution < -0.4 is 10.6 Å². The van der Waals surface area contributed by atoms with Crippen LogP contribution in [-0.2, 0) is 11.2 Å². The normalized spacial score (nSPS) is 25.0. The number of thiazole rings is 1. The number of anilines is 3. The van der Waals surface area contributed by atoms with Crippen LogP contribution in [0.5, 0.6) is 0 Å². The lowest BCUT2D eigenvalue weighted by Gasteiger charge is -2.40. The minimum Gasteiger partial charge on any atom is -0.381 e. The van der Waals surface area contributed by atoms with Gasteiger partial charge in [-0.15, -0.1) is 0 Å². The maximum atomic E-state index is 13.6. The summed E-state index contributed by atoms with van der Waals surface area (Å²) in [6.45, 7) is 4.63. The number of ether oxygens (including phenoxy) is 1. The van der Waals surface area contributed by atoms with Gasteiger partial charge in [0, 0.05) is 57.4 Å². The summed E-state index contributed by atoms with van der Waals surface area (Å²) in [4.78, 5) is 17.6. The molecule has 0 bridgehead atoms. The summed E-state index contributed by atoms with van der Waals surface area (Å²) in [5.74, 6) is -1.21. The fraction of sp³-hybridized carbons (Fsp3) is 0.692. The van der Waals surface area contributed by atoms with Crippen molar-refractivity contribution in [2.75, 3.05) is 36.9 Å². The monoisotopic (exact) mass is 546 g/mol. The molecule has 0 amide bonds. The molecular weight excluding hydrogens is 510 g/mol. The van der Waals surface area contributed by atoms with Crippen molar-refractivity contribution in [1.29, 1.82) is 0 Å². The number of likely N-dealkylation sites (tertiary alicyclic amines) is 1. The minimum atomic E-state index is -2.49. The van der Waals surface area contributed by atoms with Crippen molar-refractivity contribution in [3.63, 3.8) is 0 Å². The van der Waals surface area contributed by atoms with E-state index in [2.05, 4.69) is 27.6 Å². The molecule has 2 aliphatic heterocycles. The summed E-state index contributed by atoms with van der Waals surface area (Å²) in [5, 5.41) is 12.6. The first-order valence-corrected chi connectivity index (χ1v) is 14.7. The van der Waals surface area contributed by atoms with Crippen LogP contribution in [0.25, 0.3) is 10.3 Å². The average Bonchev–Trinajstić information content (AvgIpc) is 3.57. The van der Waals surface area contributed by atoms with E-state index in [-0.39, 0.29) is 18.9 Å². The van der Waals surface area contributed by atoms with Gasteiger partial charge in [-0.05, 0) is 44.9 Å². The van der Waals surface area contributed by atoms with Gasteiger partial charge in [0.05, 0.1) is 22.9 Å². The van der Waals surface area contributed by atoms with E-state index in [0.717, 1.165) is 85.0 Å². The highest BCUT2D eigenvalue weighted by atomic mass is 32.1. The number of rotatable bonds is 7. The van der Waals surface area contributed by atoms with Gasteiger partial charge >= 0.3 is 0 Å². The van der Waals surface area contributed by atoms with E-state index < -0.39 is 5.92 Å². The Labute approximate surface area is 225 Å². The number of piperidine rings is 1. The molecule has 9 nitrogen and oxygen atoms in total. The zero-order valence-corrected chi connectivity index (χ0v) is 22.7. The fourth-order valence-electron chi connectivity index (χ4n) is 5.85. The predicted molar refractivity (Wildman–Crippen MR) is 145 cm³/mol. The highest BCUT2D eigenvalue weighted by molar-refractivity contribution is 7.18. The van der Waals surface area contributed by atoms with Crippen molar-refractivity contribution >= 4 is 39.1 Å². The molecule has 206 valence electrons. The Kier molecular flexibility index (Phi) is 7.45. The van der Waals surface area contributed by atoms with Crippen molar-refractivity contribution in [2.45, 2.75) is 88.8 Å². The second-order valence-corrected chi connectivity index (χ2v) is 11.8. The molecule has 5 heterocycles. The van der Waals surface area contributed by atoms with Gasteiger partial charge < -0.3 is 15.4 Å². The second kappa shape index (κ2) is 11.0. The van der Waals surface area contributed by atoms with Crippen LogP contribution in [0.1, 0.15) is 69.3 Å². The molecule has 3 aromatic heterocycles. The zero-order chi connectivity index (χ0) is 26.1.